The van der Waals surface area contributed by atoms with Gasteiger partial charge in [-0.25, -0.2) is 0 Å². The van der Waals surface area contributed by atoms with E-state index in [1.54, 1.807) is 0 Å². The SMILES string of the molecule is CC1CCC(N(C)CCCCC(C)(C#N)NC2CC2)CC1. The quantitative estimate of drug-likeness (QED) is 0.693. The molecule has 21 heavy (non-hydrogen) atoms. The maximum absolute atomic E-state index is 9.38. The summed E-state index contributed by atoms with van der Waals surface area (Å²) in [4.78, 5) is 2.56. The van der Waals surface area contributed by atoms with Crippen molar-refractivity contribution in [2.24, 2.45) is 5.92 Å². The Hall–Kier alpha value is -0.590. The van der Waals surface area contributed by atoms with E-state index in [1.165, 1.54) is 51.5 Å². The van der Waals surface area contributed by atoms with E-state index >= 15 is 0 Å². The van der Waals surface area contributed by atoms with E-state index in [9.17, 15) is 5.26 Å². The zero-order valence-corrected chi connectivity index (χ0v) is 14.2. The molecule has 0 bridgehead atoms. The molecule has 1 N–H and O–H groups in total. The van der Waals surface area contributed by atoms with Crippen molar-refractivity contribution in [3.05, 3.63) is 0 Å². The zero-order chi connectivity index (χ0) is 15.3. The lowest BCUT2D eigenvalue weighted by Gasteiger charge is -2.33. The van der Waals surface area contributed by atoms with E-state index in [4.69, 9.17) is 0 Å². The topological polar surface area (TPSA) is 39.1 Å². The van der Waals surface area contributed by atoms with Gasteiger partial charge in [-0.1, -0.05) is 6.92 Å². The van der Waals surface area contributed by atoms with Crippen molar-refractivity contribution in [2.45, 2.75) is 89.3 Å². The van der Waals surface area contributed by atoms with Crippen LogP contribution >= 0.6 is 0 Å². The molecule has 2 rings (SSSR count). The summed E-state index contributed by atoms with van der Waals surface area (Å²) in [6, 6.07) is 3.89. The monoisotopic (exact) mass is 291 g/mol. The molecule has 3 nitrogen and oxygen atoms in total. The molecule has 2 fully saturated rings. The second kappa shape index (κ2) is 7.61. The van der Waals surface area contributed by atoms with Crippen molar-refractivity contribution < 1.29 is 0 Å². The maximum atomic E-state index is 9.38. The first kappa shape index (κ1) is 16.8. The number of nitriles is 1. The molecule has 0 amide bonds. The number of rotatable bonds is 8. The summed E-state index contributed by atoms with van der Waals surface area (Å²) in [5.74, 6) is 0.930. The molecule has 120 valence electrons. The van der Waals surface area contributed by atoms with Crippen LogP contribution in [-0.2, 0) is 0 Å². The summed E-state index contributed by atoms with van der Waals surface area (Å²) in [6.45, 7) is 5.63. The summed E-state index contributed by atoms with van der Waals surface area (Å²) >= 11 is 0. The van der Waals surface area contributed by atoms with Crippen LogP contribution in [0.5, 0.6) is 0 Å². The molecule has 0 aromatic rings. The van der Waals surface area contributed by atoms with Gasteiger partial charge in [0, 0.05) is 12.1 Å². The van der Waals surface area contributed by atoms with E-state index < -0.39 is 0 Å². The fourth-order valence-corrected chi connectivity index (χ4v) is 3.54. The van der Waals surface area contributed by atoms with Gasteiger partial charge >= 0.3 is 0 Å². The lowest BCUT2D eigenvalue weighted by molar-refractivity contribution is 0.167. The third kappa shape index (κ3) is 5.60. The van der Waals surface area contributed by atoms with Crippen LogP contribution < -0.4 is 5.32 Å². The van der Waals surface area contributed by atoms with Gasteiger partial charge in [-0.3, -0.25) is 5.32 Å². The van der Waals surface area contributed by atoms with Crippen LogP contribution in [0.15, 0.2) is 0 Å². The predicted octanol–water partition coefficient (Wildman–Crippen LogP) is 3.70. The molecular weight excluding hydrogens is 258 g/mol. The molecule has 2 saturated carbocycles. The van der Waals surface area contributed by atoms with E-state index in [1.807, 2.05) is 0 Å². The van der Waals surface area contributed by atoms with Gasteiger partial charge in [0.25, 0.3) is 0 Å². The zero-order valence-electron chi connectivity index (χ0n) is 14.2. The molecule has 0 aromatic heterocycles. The maximum Gasteiger partial charge on any atom is 0.104 e. The van der Waals surface area contributed by atoms with Crippen molar-refractivity contribution >= 4 is 0 Å². The minimum Gasteiger partial charge on any atom is -0.303 e. The molecule has 1 atom stereocenters. The fraction of sp³-hybridized carbons (Fsp3) is 0.944. The summed E-state index contributed by atoms with van der Waals surface area (Å²) in [7, 11) is 2.28. The Morgan fingerprint density at radius 2 is 1.81 bits per heavy atom. The number of nitrogens with one attached hydrogen (secondary N) is 1. The standard InChI is InChI=1S/C18H33N3/c1-15-6-10-17(11-7-15)21(3)13-5-4-12-18(2,14-19)20-16-8-9-16/h15-17,20H,4-13H2,1-3H3. The first-order valence-corrected chi connectivity index (χ1v) is 8.91. The first-order chi connectivity index (χ1) is 10.0. The van der Waals surface area contributed by atoms with Gasteiger partial charge in [-0.2, -0.15) is 5.26 Å². The highest BCUT2D eigenvalue weighted by atomic mass is 15.1. The highest BCUT2D eigenvalue weighted by molar-refractivity contribution is 5.06. The van der Waals surface area contributed by atoms with Crippen LogP contribution in [-0.4, -0.2) is 36.1 Å². The molecule has 0 heterocycles. The minimum atomic E-state index is -0.306. The first-order valence-electron chi connectivity index (χ1n) is 8.91. The number of nitrogens with zero attached hydrogens (tertiary/aromatic N) is 2. The van der Waals surface area contributed by atoms with Crippen molar-refractivity contribution in [1.29, 1.82) is 5.26 Å². The molecular formula is C18H33N3. The van der Waals surface area contributed by atoms with Crippen LogP contribution in [0.25, 0.3) is 0 Å². The van der Waals surface area contributed by atoms with Crippen LogP contribution in [0.1, 0.15) is 71.6 Å². The normalized spacial score (nSPS) is 29.1. The van der Waals surface area contributed by atoms with Gasteiger partial charge in [0.1, 0.15) is 5.54 Å². The molecule has 0 spiro atoms. The second-order valence-corrected chi connectivity index (χ2v) is 7.71. The molecule has 2 aliphatic rings. The van der Waals surface area contributed by atoms with Crippen LogP contribution in [0.2, 0.25) is 0 Å². The third-order valence-electron chi connectivity index (χ3n) is 5.39. The predicted molar refractivity (Wildman–Crippen MR) is 88.1 cm³/mol. The molecule has 1 unspecified atom stereocenters. The Morgan fingerprint density at radius 3 is 2.38 bits per heavy atom. The van der Waals surface area contributed by atoms with Crippen molar-refractivity contribution in [3.63, 3.8) is 0 Å². The van der Waals surface area contributed by atoms with Gasteiger partial charge in [0.15, 0.2) is 0 Å². The largest absolute Gasteiger partial charge is 0.303 e. The number of hydrogen-bond acceptors (Lipinski definition) is 3. The van der Waals surface area contributed by atoms with Crippen LogP contribution in [0.4, 0.5) is 0 Å². The van der Waals surface area contributed by atoms with Gasteiger partial charge in [0.05, 0.1) is 6.07 Å². The molecule has 3 heteroatoms. The lowest BCUT2D eigenvalue weighted by atomic mass is 9.86. The number of hydrogen-bond donors (Lipinski definition) is 1. The summed E-state index contributed by atoms with van der Waals surface area (Å²) in [6.07, 6.45) is 11.4. The van der Waals surface area contributed by atoms with E-state index in [2.05, 4.69) is 37.2 Å². The van der Waals surface area contributed by atoms with Crippen molar-refractivity contribution in [2.75, 3.05) is 13.6 Å². The smallest absolute Gasteiger partial charge is 0.104 e. The Kier molecular flexibility index (Phi) is 6.08. The summed E-state index contributed by atoms with van der Waals surface area (Å²) in [5, 5.41) is 12.9. The Morgan fingerprint density at radius 1 is 1.14 bits per heavy atom. The van der Waals surface area contributed by atoms with E-state index in [0.29, 0.717) is 6.04 Å². The molecule has 0 aromatic carbocycles. The second-order valence-electron chi connectivity index (χ2n) is 7.71. The fourth-order valence-electron chi connectivity index (χ4n) is 3.54. The van der Waals surface area contributed by atoms with Gasteiger partial charge < -0.3 is 4.90 Å². The van der Waals surface area contributed by atoms with Gasteiger partial charge in [0.2, 0.25) is 0 Å². The minimum absolute atomic E-state index is 0.306. The van der Waals surface area contributed by atoms with Gasteiger partial charge in [-0.15, -0.1) is 0 Å². The molecule has 0 saturated heterocycles. The van der Waals surface area contributed by atoms with Crippen molar-refractivity contribution in [1.82, 2.24) is 10.2 Å². The summed E-state index contributed by atoms with van der Waals surface area (Å²) < 4.78 is 0. The number of unbranched alkanes of at least 4 members (excludes halogenated alkanes) is 1. The van der Waals surface area contributed by atoms with Crippen molar-refractivity contribution in [3.8, 4) is 6.07 Å². The van der Waals surface area contributed by atoms with E-state index in [-0.39, 0.29) is 5.54 Å². The average Bonchev–Trinajstić information content (AvgIpc) is 3.28. The molecule has 2 aliphatic carbocycles. The lowest BCUT2D eigenvalue weighted by Crippen LogP contribution is -2.42. The Bertz CT molecular complexity index is 350. The highest BCUT2D eigenvalue weighted by Crippen LogP contribution is 2.27. The third-order valence-corrected chi connectivity index (χ3v) is 5.39. The van der Waals surface area contributed by atoms with Crippen LogP contribution in [0, 0.1) is 17.2 Å². The summed E-state index contributed by atoms with van der Waals surface area (Å²) in [5.41, 5.74) is -0.306. The van der Waals surface area contributed by atoms with E-state index in [0.717, 1.165) is 24.8 Å². The molecule has 0 aliphatic heterocycles. The van der Waals surface area contributed by atoms with Gasteiger partial charge in [-0.05, 0) is 84.2 Å². The Balaban J connectivity index is 1.61. The molecule has 0 radical (unpaired) electrons. The van der Waals surface area contributed by atoms with Crippen LogP contribution in [0.3, 0.4) is 0 Å². The average molecular weight is 291 g/mol. The Labute approximate surface area is 131 Å². The highest BCUT2D eigenvalue weighted by Gasteiger charge is 2.32.